The van der Waals surface area contributed by atoms with Crippen LogP contribution in [0.2, 0.25) is 13.1 Å². The van der Waals surface area contributed by atoms with Gasteiger partial charge < -0.3 is 0 Å². The van der Waals surface area contributed by atoms with E-state index in [1.54, 1.807) is 0 Å². The molecular weight excluding hydrogens is 591 g/mol. The van der Waals surface area contributed by atoms with Gasteiger partial charge in [-0.3, -0.25) is 0 Å². The van der Waals surface area contributed by atoms with Gasteiger partial charge in [0.25, 0.3) is 0 Å². The van der Waals surface area contributed by atoms with E-state index >= 15 is 0 Å². The maximum atomic E-state index is 5.59. The van der Waals surface area contributed by atoms with Crippen LogP contribution >= 0.6 is 18.6 Å². The number of aryl methyl sites for hydroxylation is 2. The standard InChI is InChI=1S/C21H17.C14H17.C2H6Si.2ClH.Ti/c1-2-15-13-17-9-6-12-20(21(17)14-15)19-11-5-8-16-7-3-4-10-18(16)19;1-4-11-8-12-6-5-7-13(10(2)3)14(12)9-11;1-3-2;;;/h3-14H,2H2,1H3;5-10H,4H2,1-3H3;1-2H3;2*1H;/q2*-1;;;;+2/p-2. The summed E-state index contributed by atoms with van der Waals surface area (Å²) < 4.78 is 0. The Morgan fingerprint density at radius 3 is 1.73 bits per heavy atom. The van der Waals surface area contributed by atoms with Gasteiger partial charge >= 0.3 is 52.4 Å². The fourth-order valence-corrected chi connectivity index (χ4v) is 5.22. The van der Waals surface area contributed by atoms with E-state index in [4.69, 9.17) is 18.6 Å². The molecule has 0 aliphatic carbocycles. The molecule has 0 bridgehead atoms. The third kappa shape index (κ3) is 7.83. The molecule has 0 nitrogen and oxygen atoms in total. The zero-order chi connectivity index (χ0) is 29.5. The van der Waals surface area contributed by atoms with Crippen molar-refractivity contribution in [2.45, 2.75) is 59.5 Å². The Labute approximate surface area is 260 Å². The average Bonchev–Trinajstić information content (AvgIpc) is 3.61. The fourth-order valence-electron chi connectivity index (χ4n) is 5.22. The van der Waals surface area contributed by atoms with E-state index in [0.29, 0.717) is 5.92 Å². The minimum atomic E-state index is -1.42. The molecule has 0 aliphatic rings. The van der Waals surface area contributed by atoms with E-state index in [0.717, 1.165) is 12.8 Å². The number of benzene rings is 4. The van der Waals surface area contributed by atoms with Gasteiger partial charge in [0.2, 0.25) is 0 Å². The first-order chi connectivity index (χ1) is 19.7. The summed E-state index contributed by atoms with van der Waals surface area (Å²) in [6, 6.07) is 37.7. The summed E-state index contributed by atoms with van der Waals surface area (Å²) in [4.78, 5) is 0. The van der Waals surface area contributed by atoms with E-state index < -0.39 is 14.5 Å². The average molecular weight is 632 g/mol. The number of fused-ring (bicyclic) bond motifs is 3. The summed E-state index contributed by atoms with van der Waals surface area (Å²) in [5.74, 6) is 0.616. The normalized spacial score (nSPS) is 10.9. The van der Waals surface area contributed by atoms with Crippen LogP contribution in [-0.2, 0) is 27.3 Å². The quantitative estimate of drug-likeness (QED) is 0.134. The van der Waals surface area contributed by atoms with Crippen LogP contribution in [0.3, 0.4) is 0 Å². The first-order valence-electron chi connectivity index (χ1n) is 14.6. The monoisotopic (exact) mass is 630 g/mol. The van der Waals surface area contributed by atoms with Gasteiger partial charge in [-0.05, 0) is 35.1 Å². The van der Waals surface area contributed by atoms with E-state index in [-0.39, 0.29) is 6.19 Å². The van der Waals surface area contributed by atoms with Gasteiger partial charge in [0.15, 0.2) is 0 Å². The summed E-state index contributed by atoms with van der Waals surface area (Å²) >= 11 is -1.42. The molecular formula is C37H40Cl2SiTi-2. The summed E-state index contributed by atoms with van der Waals surface area (Å²) in [6.07, 6.45) is 1.96. The van der Waals surface area contributed by atoms with Crippen LogP contribution in [0.25, 0.3) is 43.4 Å². The van der Waals surface area contributed by atoms with Gasteiger partial charge in [-0.25, -0.2) is 0 Å². The molecule has 41 heavy (non-hydrogen) atoms. The second kappa shape index (κ2) is 14.9. The molecule has 212 valence electrons. The predicted molar refractivity (Wildman–Crippen MR) is 184 cm³/mol. The number of rotatable bonds is 4. The molecule has 0 aliphatic heterocycles. The van der Waals surface area contributed by atoms with Crippen LogP contribution in [0, 0.1) is 0 Å². The Balaban J connectivity index is 0.000000167. The number of halogens is 2. The molecule has 0 N–H and O–H groups in total. The van der Waals surface area contributed by atoms with Gasteiger partial charge in [0, 0.05) is 0 Å². The van der Waals surface area contributed by atoms with E-state index in [1.807, 2.05) is 0 Å². The van der Waals surface area contributed by atoms with Gasteiger partial charge in [0.05, 0.1) is 0 Å². The molecule has 0 saturated heterocycles. The second-order valence-electron chi connectivity index (χ2n) is 11.0. The Bertz CT molecular complexity index is 1760. The molecule has 0 spiro atoms. The van der Waals surface area contributed by atoms with Crippen molar-refractivity contribution in [3.05, 3.63) is 120 Å². The van der Waals surface area contributed by atoms with Gasteiger partial charge in [-0.2, -0.15) is 12.1 Å². The molecule has 4 heteroatoms. The molecule has 0 unspecified atom stereocenters. The van der Waals surface area contributed by atoms with Crippen LogP contribution < -0.4 is 0 Å². The molecule has 0 radical (unpaired) electrons. The van der Waals surface area contributed by atoms with Crippen molar-refractivity contribution in [3.63, 3.8) is 0 Å². The third-order valence-electron chi connectivity index (χ3n) is 7.55. The van der Waals surface area contributed by atoms with Gasteiger partial charge in [-0.15, -0.1) is 69.1 Å². The van der Waals surface area contributed by atoms with Crippen molar-refractivity contribution >= 4 is 57.1 Å². The Morgan fingerprint density at radius 1 is 0.659 bits per heavy atom. The van der Waals surface area contributed by atoms with Crippen molar-refractivity contribution in [1.82, 2.24) is 0 Å². The van der Waals surface area contributed by atoms with E-state index in [9.17, 15) is 0 Å². The molecule has 6 aromatic rings. The Kier molecular flexibility index (Phi) is 11.5. The van der Waals surface area contributed by atoms with Gasteiger partial charge in [-0.1, -0.05) is 93.4 Å². The maximum absolute atomic E-state index is 5.59. The van der Waals surface area contributed by atoms with E-state index in [2.05, 4.69) is 144 Å². The first kappa shape index (κ1) is 31.8. The van der Waals surface area contributed by atoms with Crippen LogP contribution in [0.4, 0.5) is 0 Å². The van der Waals surface area contributed by atoms with Crippen molar-refractivity contribution in [2.24, 2.45) is 0 Å². The number of hydrogen-bond donors (Lipinski definition) is 0. The van der Waals surface area contributed by atoms with Crippen molar-refractivity contribution in [1.29, 1.82) is 0 Å². The first-order valence-corrected chi connectivity index (χ1v) is 23.7. The summed E-state index contributed by atoms with van der Waals surface area (Å²) in [6.45, 7) is 13.2. The third-order valence-corrected chi connectivity index (χ3v) is 21.2. The zero-order valence-corrected chi connectivity index (χ0v) is 29.1. The van der Waals surface area contributed by atoms with Crippen LogP contribution in [0.5, 0.6) is 0 Å². The summed E-state index contributed by atoms with van der Waals surface area (Å²) in [7, 11) is 11.2. The minimum absolute atomic E-state index is 0.254. The number of hydrogen-bond acceptors (Lipinski definition) is 0. The fraction of sp³-hybridized carbons (Fsp3) is 0.243. The Hall–Kier alpha value is -2.13. The molecule has 0 atom stereocenters. The summed E-state index contributed by atoms with van der Waals surface area (Å²) in [5, 5.41) is 8.18. The molecule has 0 aromatic heterocycles. The molecule has 0 saturated carbocycles. The van der Waals surface area contributed by atoms with Crippen molar-refractivity contribution in [3.8, 4) is 11.1 Å². The van der Waals surface area contributed by atoms with Crippen molar-refractivity contribution in [2.75, 3.05) is 0 Å². The molecule has 0 fully saturated rings. The van der Waals surface area contributed by atoms with Crippen LogP contribution in [-0.4, -0.2) is 6.19 Å². The molecule has 0 heterocycles. The van der Waals surface area contributed by atoms with Crippen LogP contribution in [0.1, 0.15) is 50.3 Å². The van der Waals surface area contributed by atoms with Crippen molar-refractivity contribution < 1.29 is 14.5 Å². The topological polar surface area (TPSA) is 0 Å². The van der Waals surface area contributed by atoms with Crippen LogP contribution in [0.15, 0.2) is 103 Å². The SMILES string of the molecule is CCc1cc2c(-c3cccc4ccccc34)cccc2[cH-]1.CCc1cc2c(C(C)C)cccc2[cH-]1.C[Si](C)=[Ti]([Cl])[Cl]. The molecule has 0 amide bonds. The predicted octanol–water partition coefficient (Wildman–Crippen LogP) is 12.3. The zero-order valence-electron chi connectivity index (χ0n) is 25.1. The molecule has 6 rings (SSSR count). The van der Waals surface area contributed by atoms with Gasteiger partial charge in [0.1, 0.15) is 0 Å². The molecule has 6 aromatic carbocycles. The van der Waals surface area contributed by atoms with E-state index in [1.165, 1.54) is 60.1 Å². The summed E-state index contributed by atoms with van der Waals surface area (Å²) in [5.41, 5.74) is 7.00. The Morgan fingerprint density at radius 2 is 1.15 bits per heavy atom. The second-order valence-corrected chi connectivity index (χ2v) is 27.1.